The van der Waals surface area contributed by atoms with Crippen LogP contribution in [0.4, 0.5) is 0 Å². The smallest absolute Gasteiger partial charge is 0.284 e. The van der Waals surface area contributed by atoms with E-state index in [1.165, 1.54) is 27.7 Å². The third kappa shape index (κ3) is 2.76. The summed E-state index contributed by atoms with van der Waals surface area (Å²) >= 11 is 1.27. The van der Waals surface area contributed by atoms with Gasteiger partial charge in [-0.25, -0.2) is 0 Å². The Morgan fingerprint density at radius 1 is 1.15 bits per heavy atom. The van der Waals surface area contributed by atoms with E-state index in [-0.39, 0.29) is 12.7 Å². The third-order valence-corrected chi connectivity index (χ3v) is 5.47. The Hall–Kier alpha value is -2.72. The number of aromatic nitrogens is 4. The zero-order chi connectivity index (χ0) is 17.5. The van der Waals surface area contributed by atoms with Crippen molar-refractivity contribution in [1.29, 1.82) is 0 Å². The summed E-state index contributed by atoms with van der Waals surface area (Å²) < 4.78 is 12.3. The van der Waals surface area contributed by atoms with E-state index >= 15 is 0 Å². The van der Waals surface area contributed by atoms with Crippen LogP contribution >= 0.6 is 11.3 Å². The lowest BCUT2D eigenvalue weighted by Crippen LogP contribution is -2.48. The number of carbonyl (C=O) groups excluding carboxylic acids is 1. The molecule has 0 N–H and O–H groups in total. The molecule has 2 aromatic heterocycles. The molecule has 10 heteroatoms. The minimum absolute atomic E-state index is 0.0387. The van der Waals surface area contributed by atoms with Crippen molar-refractivity contribution in [1.82, 2.24) is 29.6 Å². The van der Waals surface area contributed by atoms with E-state index < -0.39 is 0 Å². The summed E-state index contributed by atoms with van der Waals surface area (Å²) in [6.07, 6.45) is 1.51. The van der Waals surface area contributed by atoms with E-state index in [1.807, 2.05) is 17.0 Å². The van der Waals surface area contributed by atoms with Crippen molar-refractivity contribution in [2.45, 2.75) is 6.54 Å². The van der Waals surface area contributed by atoms with Gasteiger partial charge >= 0.3 is 0 Å². The SMILES string of the molecule is O=C(c1nn2cnnc2s1)N1CCN(Cc2ccc3c(c2)OCO3)CC1. The zero-order valence-electron chi connectivity index (χ0n) is 13.9. The molecule has 0 radical (unpaired) electrons. The van der Waals surface area contributed by atoms with Crippen LogP contribution in [0.1, 0.15) is 15.4 Å². The first-order chi connectivity index (χ1) is 12.8. The van der Waals surface area contributed by atoms with Gasteiger partial charge in [-0.15, -0.1) is 15.3 Å². The molecule has 0 unspecified atom stereocenters. The molecular weight excluding hydrogens is 356 g/mol. The Bertz CT molecular complexity index is 933. The molecule has 0 aliphatic carbocycles. The Morgan fingerprint density at radius 2 is 2.00 bits per heavy atom. The van der Waals surface area contributed by atoms with Gasteiger partial charge < -0.3 is 14.4 Å². The molecule has 1 fully saturated rings. The number of amides is 1. The van der Waals surface area contributed by atoms with Crippen LogP contribution < -0.4 is 9.47 Å². The van der Waals surface area contributed by atoms with E-state index in [0.29, 0.717) is 23.1 Å². The van der Waals surface area contributed by atoms with Crippen LogP contribution in [-0.2, 0) is 6.54 Å². The maximum atomic E-state index is 12.6. The summed E-state index contributed by atoms with van der Waals surface area (Å²) in [5.41, 5.74) is 1.18. The molecule has 1 aromatic carbocycles. The van der Waals surface area contributed by atoms with Gasteiger partial charge in [0.25, 0.3) is 5.91 Å². The highest BCUT2D eigenvalue weighted by atomic mass is 32.1. The quantitative estimate of drug-likeness (QED) is 0.674. The van der Waals surface area contributed by atoms with E-state index in [2.05, 4.69) is 26.3 Å². The van der Waals surface area contributed by atoms with E-state index in [1.54, 1.807) is 0 Å². The molecule has 0 spiro atoms. The van der Waals surface area contributed by atoms with E-state index in [9.17, 15) is 4.79 Å². The third-order valence-electron chi connectivity index (χ3n) is 4.57. The van der Waals surface area contributed by atoms with Gasteiger partial charge in [0, 0.05) is 32.7 Å². The molecular formula is C16H16N6O3S. The fourth-order valence-corrected chi connectivity index (χ4v) is 3.98. The molecule has 3 aromatic rings. The van der Waals surface area contributed by atoms with Gasteiger partial charge in [0.15, 0.2) is 11.5 Å². The number of nitrogens with zero attached hydrogens (tertiary/aromatic N) is 6. The molecule has 9 nitrogen and oxygen atoms in total. The molecule has 1 amide bonds. The molecule has 26 heavy (non-hydrogen) atoms. The van der Waals surface area contributed by atoms with Gasteiger partial charge in [0.05, 0.1) is 0 Å². The number of hydrogen-bond acceptors (Lipinski definition) is 8. The monoisotopic (exact) mass is 372 g/mol. The number of carbonyl (C=O) groups is 1. The molecule has 134 valence electrons. The molecule has 4 heterocycles. The lowest BCUT2D eigenvalue weighted by Gasteiger charge is -2.34. The molecule has 0 saturated carbocycles. The minimum atomic E-state index is -0.0387. The van der Waals surface area contributed by atoms with Crippen molar-refractivity contribution in [3.05, 3.63) is 35.1 Å². The van der Waals surface area contributed by atoms with Crippen LogP contribution in [0.3, 0.4) is 0 Å². The van der Waals surface area contributed by atoms with Gasteiger partial charge in [0.1, 0.15) is 6.33 Å². The average molecular weight is 372 g/mol. The van der Waals surface area contributed by atoms with Crippen molar-refractivity contribution in [2.24, 2.45) is 0 Å². The van der Waals surface area contributed by atoms with Gasteiger partial charge in [-0.2, -0.15) is 4.52 Å². The van der Waals surface area contributed by atoms with Crippen LogP contribution in [0, 0.1) is 0 Å². The maximum absolute atomic E-state index is 12.6. The zero-order valence-corrected chi connectivity index (χ0v) is 14.7. The summed E-state index contributed by atoms with van der Waals surface area (Å²) in [6, 6.07) is 6.04. The highest BCUT2D eigenvalue weighted by molar-refractivity contribution is 7.18. The van der Waals surface area contributed by atoms with E-state index in [4.69, 9.17) is 9.47 Å². The fourth-order valence-electron chi connectivity index (χ4n) is 3.19. The van der Waals surface area contributed by atoms with Gasteiger partial charge in [-0.05, 0) is 17.7 Å². The summed E-state index contributed by atoms with van der Waals surface area (Å²) in [6.45, 7) is 4.13. The summed E-state index contributed by atoms with van der Waals surface area (Å²) in [4.78, 5) is 17.4. The fraction of sp³-hybridized carbons (Fsp3) is 0.375. The van der Waals surface area contributed by atoms with Crippen LogP contribution in [0.5, 0.6) is 11.5 Å². The average Bonchev–Trinajstić information content (AvgIpc) is 3.37. The largest absolute Gasteiger partial charge is 0.454 e. The van der Waals surface area contributed by atoms with Gasteiger partial charge in [-0.3, -0.25) is 9.69 Å². The minimum Gasteiger partial charge on any atom is -0.454 e. The number of benzene rings is 1. The number of ether oxygens (including phenoxy) is 2. The second-order valence-electron chi connectivity index (χ2n) is 6.22. The molecule has 5 rings (SSSR count). The molecule has 0 bridgehead atoms. The normalized spacial score (nSPS) is 17.2. The number of rotatable bonds is 3. The van der Waals surface area contributed by atoms with Crippen molar-refractivity contribution >= 4 is 22.2 Å². The van der Waals surface area contributed by atoms with E-state index in [0.717, 1.165) is 31.1 Å². The standard InChI is InChI=1S/C16H16N6O3S/c23-15(14-19-22-9-17-18-16(22)26-14)21-5-3-20(4-6-21)8-11-1-2-12-13(7-11)25-10-24-12/h1-2,7,9H,3-6,8,10H2. The van der Waals surface area contributed by atoms with Crippen molar-refractivity contribution in [3.63, 3.8) is 0 Å². The Kier molecular flexibility index (Phi) is 3.71. The molecule has 2 aliphatic rings. The number of fused-ring (bicyclic) bond motifs is 2. The molecule has 1 saturated heterocycles. The highest BCUT2D eigenvalue weighted by Gasteiger charge is 2.25. The van der Waals surface area contributed by atoms with Crippen molar-refractivity contribution in [3.8, 4) is 11.5 Å². The topological polar surface area (TPSA) is 85.1 Å². The lowest BCUT2D eigenvalue weighted by atomic mass is 10.1. The Morgan fingerprint density at radius 3 is 2.85 bits per heavy atom. The van der Waals surface area contributed by atoms with Crippen LogP contribution in [0.15, 0.2) is 24.5 Å². The predicted octanol–water partition coefficient (Wildman–Crippen LogP) is 0.872. The predicted molar refractivity (Wildman–Crippen MR) is 92.4 cm³/mol. The summed E-state index contributed by atoms with van der Waals surface area (Å²) in [5.74, 6) is 1.57. The molecule has 0 atom stereocenters. The van der Waals surface area contributed by atoms with Crippen molar-refractivity contribution in [2.75, 3.05) is 33.0 Å². The van der Waals surface area contributed by atoms with Gasteiger partial charge in [-0.1, -0.05) is 17.4 Å². The first-order valence-corrected chi connectivity index (χ1v) is 9.15. The number of piperazine rings is 1. The van der Waals surface area contributed by atoms with Crippen LogP contribution in [0.2, 0.25) is 0 Å². The Labute approximate surface area is 152 Å². The van der Waals surface area contributed by atoms with Crippen LogP contribution in [-0.4, -0.2) is 68.5 Å². The van der Waals surface area contributed by atoms with Gasteiger partial charge in [0.2, 0.25) is 16.8 Å². The second kappa shape index (κ2) is 6.22. The first-order valence-electron chi connectivity index (χ1n) is 8.33. The maximum Gasteiger partial charge on any atom is 0.284 e. The second-order valence-corrected chi connectivity index (χ2v) is 7.18. The highest BCUT2D eigenvalue weighted by Crippen LogP contribution is 2.32. The Balaban J connectivity index is 1.20. The van der Waals surface area contributed by atoms with Crippen molar-refractivity contribution < 1.29 is 14.3 Å². The lowest BCUT2D eigenvalue weighted by molar-refractivity contribution is 0.0627. The number of hydrogen-bond donors (Lipinski definition) is 0. The first kappa shape index (κ1) is 15.5. The summed E-state index contributed by atoms with van der Waals surface area (Å²) in [5, 5.41) is 12.4. The van der Waals surface area contributed by atoms with Crippen LogP contribution in [0.25, 0.3) is 4.96 Å². The summed E-state index contributed by atoms with van der Waals surface area (Å²) in [7, 11) is 0. The molecule has 2 aliphatic heterocycles.